The minimum Gasteiger partial charge on any atom is -0.507 e. The Bertz CT molecular complexity index is 335. The van der Waals surface area contributed by atoms with E-state index >= 15 is 0 Å². The number of carbonyl (C=O) groups excluding carboxylic acids is 1. The van der Waals surface area contributed by atoms with Crippen molar-refractivity contribution in [2.24, 2.45) is 5.73 Å². The van der Waals surface area contributed by atoms with E-state index in [1.807, 2.05) is 0 Å². The van der Waals surface area contributed by atoms with Gasteiger partial charge in [0.25, 0.3) is 5.91 Å². The summed E-state index contributed by atoms with van der Waals surface area (Å²) in [7, 11) is 0. The van der Waals surface area contributed by atoms with E-state index in [0.717, 1.165) is 0 Å². The number of phenols is 1. The van der Waals surface area contributed by atoms with Crippen molar-refractivity contribution in [1.82, 2.24) is 0 Å². The molecule has 0 aromatic heterocycles. The predicted octanol–water partition coefficient (Wildman–Crippen LogP) is 2.43. The van der Waals surface area contributed by atoms with Gasteiger partial charge in [0.05, 0.1) is 10.1 Å². The zero-order chi connectivity index (χ0) is 11.1. The molecule has 76 valence electrons. The van der Waals surface area contributed by atoms with Gasteiger partial charge in [-0.25, -0.2) is 0 Å². The van der Waals surface area contributed by atoms with Crippen LogP contribution < -0.4 is 5.73 Å². The molecule has 1 amide bonds. The number of benzene rings is 1. The number of rotatable bonds is 1. The number of nitrogens with two attached hydrogens (primary N) is 1. The van der Waals surface area contributed by atoms with Crippen LogP contribution in [0.15, 0.2) is 35.3 Å². The fraction of sp³-hybridized carbons (Fsp3) is 0. The maximum absolute atomic E-state index is 10.5. The van der Waals surface area contributed by atoms with E-state index in [2.05, 4.69) is 6.58 Å². The maximum Gasteiger partial charge on any atom is 0.252 e. The summed E-state index contributed by atoms with van der Waals surface area (Å²) in [5, 5.41) is 8.98. The fourth-order valence-electron chi connectivity index (χ4n) is 0.682. The molecule has 1 aromatic carbocycles. The van der Waals surface area contributed by atoms with E-state index in [0.29, 0.717) is 0 Å². The quantitative estimate of drug-likeness (QED) is 0.783. The molecule has 5 heteroatoms. The molecule has 1 aromatic rings. The average molecular weight is 234 g/mol. The first-order chi connectivity index (χ1) is 6.45. The van der Waals surface area contributed by atoms with E-state index < -0.39 is 5.91 Å². The molecule has 14 heavy (non-hydrogen) atoms. The molecule has 0 bridgehead atoms. The van der Waals surface area contributed by atoms with Gasteiger partial charge in [0, 0.05) is 0 Å². The first kappa shape index (κ1) is 12.8. The third-order valence-corrected chi connectivity index (χ3v) is 1.17. The lowest BCUT2D eigenvalue weighted by Crippen LogP contribution is -2.10. The summed E-state index contributed by atoms with van der Waals surface area (Å²) >= 11 is 9.69. The van der Waals surface area contributed by atoms with Gasteiger partial charge in [0.2, 0.25) is 0 Å². The number of aromatic hydroxyl groups is 1. The zero-order valence-electron chi connectivity index (χ0n) is 7.21. The van der Waals surface area contributed by atoms with Crippen LogP contribution in [0, 0.1) is 0 Å². The van der Waals surface area contributed by atoms with Gasteiger partial charge in [0.15, 0.2) is 0 Å². The molecule has 0 unspecified atom stereocenters. The Kier molecular flexibility index (Phi) is 5.76. The molecular weight excluding hydrogens is 225 g/mol. The number of carbonyl (C=O) groups is 1. The van der Waals surface area contributed by atoms with Crippen LogP contribution in [0.2, 0.25) is 0 Å². The summed E-state index contributed by atoms with van der Waals surface area (Å²) < 4.78 is 0.111. The van der Waals surface area contributed by atoms with Crippen LogP contribution in [0.3, 0.4) is 0 Å². The Morgan fingerprint density at radius 2 is 1.79 bits per heavy atom. The van der Waals surface area contributed by atoms with Gasteiger partial charge in [-0.05, 0) is 12.1 Å². The minimum absolute atomic E-state index is 0.0741. The molecule has 0 aliphatic carbocycles. The smallest absolute Gasteiger partial charge is 0.252 e. The van der Waals surface area contributed by atoms with Crippen molar-refractivity contribution < 1.29 is 9.90 Å². The van der Waals surface area contributed by atoms with Gasteiger partial charge >= 0.3 is 0 Å². The molecule has 3 nitrogen and oxygen atoms in total. The third-order valence-electron chi connectivity index (χ3n) is 1.17. The Morgan fingerprint density at radius 3 is 2.07 bits per heavy atom. The second-order valence-electron chi connectivity index (χ2n) is 2.22. The van der Waals surface area contributed by atoms with Crippen molar-refractivity contribution in [3.8, 4) is 5.75 Å². The summed E-state index contributed by atoms with van der Waals surface area (Å²) in [6.45, 7) is 3.09. The lowest BCUT2D eigenvalue weighted by atomic mass is 10.2. The molecule has 0 fully saturated rings. The van der Waals surface area contributed by atoms with Gasteiger partial charge < -0.3 is 10.8 Å². The Labute approximate surface area is 91.7 Å². The van der Waals surface area contributed by atoms with Gasteiger partial charge in [-0.15, -0.1) is 0 Å². The minimum atomic E-state index is -0.613. The van der Waals surface area contributed by atoms with Crippen LogP contribution in [0.25, 0.3) is 0 Å². The van der Waals surface area contributed by atoms with E-state index in [4.69, 9.17) is 34.0 Å². The first-order valence-electron chi connectivity index (χ1n) is 3.53. The highest BCUT2D eigenvalue weighted by Gasteiger charge is 2.03. The summed E-state index contributed by atoms with van der Waals surface area (Å²) in [5.74, 6) is -0.687. The average Bonchev–Trinajstić information content (AvgIpc) is 2.03. The second kappa shape index (κ2) is 6.29. The van der Waals surface area contributed by atoms with Crippen LogP contribution >= 0.6 is 23.2 Å². The molecule has 0 radical (unpaired) electrons. The summed E-state index contributed by atoms with van der Waals surface area (Å²) in [5.41, 5.74) is 5.07. The lowest BCUT2D eigenvalue weighted by molar-refractivity contribution is 0.0998. The summed E-state index contributed by atoms with van der Waals surface area (Å²) in [6.07, 6.45) is 0. The standard InChI is InChI=1S/C7H7NO2.C2H2Cl2/c8-7(10)5-3-1-2-4-6(5)9;1-2(3)4/h1-4,9H,(H2,8,10);1H2. The van der Waals surface area contributed by atoms with Crippen LogP contribution in [-0.4, -0.2) is 11.0 Å². The number of hydrogen-bond acceptors (Lipinski definition) is 2. The van der Waals surface area contributed by atoms with E-state index in [-0.39, 0.29) is 15.8 Å². The highest BCUT2D eigenvalue weighted by atomic mass is 35.5. The van der Waals surface area contributed by atoms with Crippen LogP contribution in [-0.2, 0) is 0 Å². The molecular formula is C9H9Cl2NO2. The fourth-order valence-corrected chi connectivity index (χ4v) is 0.682. The van der Waals surface area contributed by atoms with Crippen molar-refractivity contribution in [2.45, 2.75) is 0 Å². The summed E-state index contributed by atoms with van der Waals surface area (Å²) in [4.78, 5) is 10.5. The van der Waals surface area contributed by atoms with Crippen molar-refractivity contribution in [2.75, 3.05) is 0 Å². The number of halogens is 2. The van der Waals surface area contributed by atoms with Crippen molar-refractivity contribution in [3.05, 3.63) is 40.9 Å². The van der Waals surface area contributed by atoms with Crippen LogP contribution in [0.5, 0.6) is 5.75 Å². The molecule has 0 aliphatic heterocycles. The molecule has 1 rings (SSSR count). The summed E-state index contributed by atoms with van der Waals surface area (Å²) in [6, 6.07) is 6.15. The van der Waals surface area contributed by atoms with Crippen molar-refractivity contribution in [1.29, 1.82) is 0 Å². The Balaban J connectivity index is 0.000000364. The topological polar surface area (TPSA) is 63.3 Å². The predicted molar refractivity (Wildman–Crippen MR) is 57.5 cm³/mol. The van der Waals surface area contributed by atoms with E-state index in [1.54, 1.807) is 12.1 Å². The van der Waals surface area contributed by atoms with Gasteiger partial charge in [-0.3, -0.25) is 4.79 Å². The molecule has 3 N–H and O–H groups in total. The zero-order valence-corrected chi connectivity index (χ0v) is 8.72. The van der Waals surface area contributed by atoms with Gasteiger partial charge in [-0.2, -0.15) is 0 Å². The highest BCUT2D eigenvalue weighted by Crippen LogP contribution is 2.13. The normalized spacial score (nSPS) is 8.43. The molecule has 0 atom stereocenters. The monoisotopic (exact) mass is 233 g/mol. The molecule has 0 heterocycles. The largest absolute Gasteiger partial charge is 0.507 e. The maximum atomic E-state index is 10.5. The number of hydrogen-bond donors (Lipinski definition) is 2. The SMILES string of the molecule is C=C(Cl)Cl.NC(=O)c1ccccc1O. The van der Waals surface area contributed by atoms with Crippen molar-refractivity contribution in [3.63, 3.8) is 0 Å². The van der Waals surface area contributed by atoms with E-state index in [9.17, 15) is 4.79 Å². The Hall–Kier alpha value is -1.19. The number of primary amides is 1. The highest BCUT2D eigenvalue weighted by molar-refractivity contribution is 6.55. The van der Waals surface area contributed by atoms with Crippen LogP contribution in [0.4, 0.5) is 0 Å². The lowest BCUT2D eigenvalue weighted by Gasteiger charge is -1.96. The number of para-hydroxylation sites is 1. The second-order valence-corrected chi connectivity index (χ2v) is 3.33. The van der Waals surface area contributed by atoms with E-state index in [1.165, 1.54) is 12.1 Å². The van der Waals surface area contributed by atoms with Gasteiger partial charge in [0.1, 0.15) is 5.75 Å². The molecule has 0 saturated carbocycles. The third kappa shape index (κ3) is 5.45. The van der Waals surface area contributed by atoms with Crippen LogP contribution in [0.1, 0.15) is 10.4 Å². The molecule has 0 aliphatic rings. The molecule has 0 saturated heterocycles. The first-order valence-corrected chi connectivity index (χ1v) is 4.28. The van der Waals surface area contributed by atoms with Gasteiger partial charge in [-0.1, -0.05) is 41.9 Å². The Morgan fingerprint density at radius 1 is 1.36 bits per heavy atom. The molecule has 0 spiro atoms. The number of amides is 1. The van der Waals surface area contributed by atoms with Crippen molar-refractivity contribution >= 4 is 29.1 Å².